The lowest BCUT2D eigenvalue weighted by Gasteiger charge is -2.25. The number of rotatable bonds is 7. The number of hydrogen-bond acceptors (Lipinski definition) is 3. The highest BCUT2D eigenvalue weighted by atomic mass is 32.3. The molecule has 0 aliphatic carbocycles. The van der Waals surface area contributed by atoms with E-state index in [0.717, 1.165) is 12.8 Å². The van der Waals surface area contributed by atoms with Crippen LogP contribution in [-0.4, -0.2) is 36.7 Å². The molecular weight excluding hydrogens is 341 g/mol. The largest absolute Gasteiger partial charge is 0.572 e. The SMILES string of the molecule is CCCCOc1ccc(S(C)(C)[OH+]S(=O)(=O)C(F)(F)F)cc1. The summed E-state index contributed by atoms with van der Waals surface area (Å²) < 4.78 is 68.2. The Kier molecular flexibility index (Phi) is 6.17. The lowest BCUT2D eigenvalue weighted by atomic mass is 10.3. The molecule has 1 aromatic carbocycles. The van der Waals surface area contributed by atoms with Crippen molar-refractivity contribution < 1.29 is 30.0 Å². The summed E-state index contributed by atoms with van der Waals surface area (Å²) in [6.45, 7) is 2.58. The quantitative estimate of drug-likeness (QED) is 0.317. The Labute approximate surface area is 130 Å². The van der Waals surface area contributed by atoms with Gasteiger partial charge in [-0.25, -0.2) is 0 Å². The molecule has 1 N–H and O–H groups in total. The minimum atomic E-state index is -5.50. The molecule has 9 heteroatoms. The van der Waals surface area contributed by atoms with Gasteiger partial charge in [0.25, 0.3) is 0 Å². The predicted molar refractivity (Wildman–Crippen MR) is 82.2 cm³/mol. The van der Waals surface area contributed by atoms with Crippen molar-refractivity contribution in [3.63, 3.8) is 0 Å². The molecule has 0 aromatic heterocycles. The van der Waals surface area contributed by atoms with Gasteiger partial charge in [0.05, 0.1) is 11.5 Å². The van der Waals surface area contributed by atoms with Crippen molar-refractivity contribution in [2.24, 2.45) is 0 Å². The fourth-order valence-corrected chi connectivity index (χ4v) is 4.98. The zero-order chi connectivity index (χ0) is 17.0. The average molecular weight is 361 g/mol. The number of hydrogen-bond donors (Lipinski definition) is 0. The van der Waals surface area contributed by atoms with Gasteiger partial charge in [0.2, 0.25) is 0 Å². The normalized spacial score (nSPS) is 13.9. The second-order valence-corrected chi connectivity index (χ2v) is 9.97. The molecule has 0 spiro atoms. The Hall–Kier alpha value is -0.930. The summed E-state index contributed by atoms with van der Waals surface area (Å²) in [4.78, 5) is 0.433. The van der Waals surface area contributed by atoms with Crippen LogP contribution in [0.1, 0.15) is 19.8 Å². The highest BCUT2D eigenvalue weighted by Gasteiger charge is 2.55. The van der Waals surface area contributed by atoms with Gasteiger partial charge in [-0.3, -0.25) is 3.63 Å². The Morgan fingerprint density at radius 1 is 1.14 bits per heavy atom. The first-order valence-corrected chi connectivity index (χ1v) is 10.4. The molecule has 0 aliphatic heterocycles. The van der Waals surface area contributed by atoms with Crippen molar-refractivity contribution in [1.82, 2.24) is 0 Å². The van der Waals surface area contributed by atoms with Gasteiger partial charge in [-0.1, -0.05) is 13.3 Å². The standard InChI is InChI=1S/C13H19F3O4S2/c1-4-5-10-19-11-6-8-12(9-7-11)21(2,3)20-22(17,18)13(14,15)16/h6-9H,4-5,10H2,1-3H3/p+1. The molecule has 128 valence electrons. The molecule has 0 radical (unpaired) electrons. The summed E-state index contributed by atoms with van der Waals surface area (Å²) >= 11 is 0. The third kappa shape index (κ3) is 5.06. The van der Waals surface area contributed by atoms with Crippen molar-refractivity contribution in [3.8, 4) is 5.75 Å². The molecule has 0 fully saturated rings. The van der Waals surface area contributed by atoms with Crippen LogP contribution in [0.3, 0.4) is 0 Å². The minimum Gasteiger partial charge on any atom is -0.494 e. The van der Waals surface area contributed by atoms with E-state index in [1.54, 1.807) is 24.3 Å². The van der Waals surface area contributed by atoms with Crippen LogP contribution in [0, 0.1) is 0 Å². The molecule has 0 saturated carbocycles. The number of ether oxygens (including phenoxy) is 1. The first-order chi connectivity index (χ1) is 9.99. The topological polar surface area (TPSA) is 56.2 Å². The van der Waals surface area contributed by atoms with E-state index in [4.69, 9.17) is 4.74 Å². The molecule has 0 amide bonds. The third-order valence-electron chi connectivity index (χ3n) is 2.74. The van der Waals surface area contributed by atoms with Crippen LogP contribution < -0.4 is 4.74 Å². The predicted octanol–water partition coefficient (Wildman–Crippen LogP) is 4.15. The number of halogens is 3. The Morgan fingerprint density at radius 2 is 1.68 bits per heavy atom. The van der Waals surface area contributed by atoms with Gasteiger partial charge in [-0.15, -0.1) is 8.42 Å². The van der Waals surface area contributed by atoms with Crippen molar-refractivity contribution in [3.05, 3.63) is 24.3 Å². The lowest BCUT2D eigenvalue weighted by molar-refractivity contribution is -0.0539. The zero-order valence-corrected chi connectivity index (χ0v) is 14.2. The molecule has 1 rings (SSSR count). The zero-order valence-electron chi connectivity index (χ0n) is 12.6. The van der Waals surface area contributed by atoms with Gasteiger partial charge in [0, 0.05) is 22.8 Å². The summed E-state index contributed by atoms with van der Waals surface area (Å²) in [6.07, 6.45) is 4.67. The first kappa shape index (κ1) is 19.1. The molecule has 4 nitrogen and oxygen atoms in total. The van der Waals surface area contributed by atoms with Gasteiger partial charge < -0.3 is 4.74 Å². The second-order valence-electron chi connectivity index (χ2n) is 4.94. The summed E-state index contributed by atoms with van der Waals surface area (Å²) in [5.41, 5.74) is -5.37. The number of unbranched alkanes of at least 4 members (excludes halogenated alkanes) is 1. The molecule has 0 atom stereocenters. The Bertz CT molecular complexity index is 580. The van der Waals surface area contributed by atoms with Gasteiger partial charge in [0.15, 0.2) is 0 Å². The van der Waals surface area contributed by atoms with Gasteiger partial charge in [-0.05, 0) is 30.7 Å². The van der Waals surface area contributed by atoms with Crippen LogP contribution in [-0.2, 0) is 10.1 Å². The first-order valence-electron chi connectivity index (χ1n) is 6.51. The summed E-state index contributed by atoms with van der Waals surface area (Å²) in [7, 11) is -7.98. The van der Waals surface area contributed by atoms with Crippen molar-refractivity contribution in [2.75, 3.05) is 19.1 Å². The maximum absolute atomic E-state index is 12.4. The molecule has 22 heavy (non-hydrogen) atoms. The smallest absolute Gasteiger partial charge is 0.494 e. The van der Waals surface area contributed by atoms with E-state index in [-0.39, 0.29) is 0 Å². The van der Waals surface area contributed by atoms with Crippen molar-refractivity contribution in [2.45, 2.75) is 30.2 Å². The second kappa shape index (κ2) is 7.10. The van der Waals surface area contributed by atoms with Crippen molar-refractivity contribution in [1.29, 1.82) is 0 Å². The minimum absolute atomic E-state index is 0.433. The van der Waals surface area contributed by atoms with Gasteiger partial charge in [-0.2, -0.15) is 13.2 Å². The fraction of sp³-hybridized carbons (Fsp3) is 0.538. The van der Waals surface area contributed by atoms with Crippen LogP contribution in [0.4, 0.5) is 13.2 Å². The summed E-state index contributed by atoms with van der Waals surface area (Å²) in [6, 6.07) is 6.31. The molecule has 0 aliphatic rings. The van der Waals surface area contributed by atoms with E-state index in [1.165, 1.54) is 12.5 Å². The maximum atomic E-state index is 12.4. The van der Waals surface area contributed by atoms with Crippen LogP contribution in [0.5, 0.6) is 5.75 Å². The van der Waals surface area contributed by atoms with Crippen LogP contribution in [0.15, 0.2) is 29.2 Å². The third-order valence-corrected chi connectivity index (χ3v) is 7.03. The fourth-order valence-electron chi connectivity index (χ4n) is 1.53. The summed E-state index contributed by atoms with van der Waals surface area (Å²) in [5.74, 6) is 0.589. The van der Waals surface area contributed by atoms with Crippen molar-refractivity contribution >= 4 is 20.4 Å². The average Bonchev–Trinajstić information content (AvgIpc) is 2.37. The lowest BCUT2D eigenvalue weighted by Crippen LogP contribution is -2.29. The molecule has 0 bridgehead atoms. The molecule has 0 saturated heterocycles. The number of alkyl halides is 3. The maximum Gasteiger partial charge on any atom is 0.572 e. The van der Waals surface area contributed by atoms with E-state index in [0.29, 0.717) is 17.3 Å². The van der Waals surface area contributed by atoms with E-state index >= 15 is 0 Å². The van der Waals surface area contributed by atoms with E-state index < -0.39 is 25.9 Å². The van der Waals surface area contributed by atoms with E-state index in [2.05, 4.69) is 3.63 Å². The number of benzene rings is 1. The van der Waals surface area contributed by atoms with Crippen LogP contribution >= 0.6 is 10.3 Å². The highest BCUT2D eigenvalue weighted by Crippen LogP contribution is 2.51. The monoisotopic (exact) mass is 361 g/mol. The Balaban J connectivity index is 2.85. The molecule has 0 unspecified atom stereocenters. The van der Waals surface area contributed by atoms with E-state index in [9.17, 15) is 21.6 Å². The van der Waals surface area contributed by atoms with E-state index in [1.807, 2.05) is 6.92 Å². The van der Waals surface area contributed by atoms with Crippen LogP contribution in [0.2, 0.25) is 0 Å². The molecular formula is C13H20F3O4S2+. The Morgan fingerprint density at radius 3 is 2.14 bits per heavy atom. The molecule has 1 aromatic rings. The summed E-state index contributed by atoms with van der Waals surface area (Å²) in [5, 5.41) is 0. The van der Waals surface area contributed by atoms with Gasteiger partial charge in [0.1, 0.15) is 5.75 Å². The highest BCUT2D eigenvalue weighted by molar-refractivity contribution is 8.31. The molecule has 0 heterocycles. The van der Waals surface area contributed by atoms with Crippen LogP contribution in [0.25, 0.3) is 0 Å². The van der Waals surface area contributed by atoms with Gasteiger partial charge >= 0.3 is 15.6 Å².